The second-order valence-corrected chi connectivity index (χ2v) is 6.06. The summed E-state index contributed by atoms with van der Waals surface area (Å²) in [7, 11) is 0. The fourth-order valence-electron chi connectivity index (χ4n) is 2.05. The molecule has 1 unspecified atom stereocenters. The van der Waals surface area contributed by atoms with Crippen LogP contribution in [0.15, 0.2) is 0 Å². The van der Waals surface area contributed by atoms with Gasteiger partial charge in [0, 0.05) is 19.0 Å². The summed E-state index contributed by atoms with van der Waals surface area (Å²) in [6, 6.07) is 0.262. The van der Waals surface area contributed by atoms with Crippen LogP contribution in [0.1, 0.15) is 66.7 Å². The third-order valence-corrected chi connectivity index (χ3v) is 3.27. The number of carbonyl (C=O) groups is 1. The van der Waals surface area contributed by atoms with E-state index in [4.69, 9.17) is 0 Å². The molecule has 18 heavy (non-hydrogen) atoms. The molecule has 3 heteroatoms. The summed E-state index contributed by atoms with van der Waals surface area (Å²) in [5.41, 5.74) is 0.215. The highest BCUT2D eigenvalue weighted by atomic mass is 16.1. The van der Waals surface area contributed by atoms with E-state index >= 15 is 0 Å². The molecular weight excluding hydrogens is 224 g/mol. The first-order valence-electron chi connectivity index (χ1n) is 7.41. The second-order valence-electron chi connectivity index (χ2n) is 6.06. The Bertz CT molecular complexity index is 227. The molecule has 0 spiro atoms. The normalized spacial score (nSPS) is 13.4. The van der Waals surface area contributed by atoms with E-state index in [0.717, 1.165) is 13.1 Å². The van der Waals surface area contributed by atoms with Crippen molar-refractivity contribution in [3.63, 3.8) is 0 Å². The predicted molar refractivity (Wildman–Crippen MR) is 78.7 cm³/mol. The van der Waals surface area contributed by atoms with Crippen molar-refractivity contribution in [3.05, 3.63) is 0 Å². The minimum absolute atomic E-state index is 0.159. The van der Waals surface area contributed by atoms with Gasteiger partial charge in [-0.25, -0.2) is 0 Å². The Labute approximate surface area is 113 Å². The van der Waals surface area contributed by atoms with Gasteiger partial charge in [0.1, 0.15) is 0 Å². The molecule has 0 aromatic carbocycles. The van der Waals surface area contributed by atoms with Crippen LogP contribution in [0.4, 0.5) is 0 Å². The average Bonchev–Trinajstić information content (AvgIpc) is 2.27. The van der Waals surface area contributed by atoms with Gasteiger partial charge in [0.05, 0.1) is 0 Å². The summed E-state index contributed by atoms with van der Waals surface area (Å²) in [6.45, 7) is 12.5. The highest BCUT2D eigenvalue weighted by Crippen LogP contribution is 2.22. The Balaban J connectivity index is 3.81. The van der Waals surface area contributed by atoms with Gasteiger partial charge in [-0.15, -0.1) is 0 Å². The highest BCUT2D eigenvalue weighted by Gasteiger charge is 2.18. The van der Waals surface area contributed by atoms with Crippen molar-refractivity contribution in [2.75, 3.05) is 13.1 Å². The van der Waals surface area contributed by atoms with Crippen molar-refractivity contribution < 1.29 is 4.79 Å². The van der Waals surface area contributed by atoms with Crippen molar-refractivity contribution in [1.29, 1.82) is 0 Å². The summed E-state index contributed by atoms with van der Waals surface area (Å²) in [4.78, 5) is 11.8. The van der Waals surface area contributed by atoms with Gasteiger partial charge in [-0.1, -0.05) is 47.0 Å². The maximum Gasteiger partial charge on any atom is 0.221 e. The summed E-state index contributed by atoms with van der Waals surface area (Å²) in [5.74, 6) is 0.159. The topological polar surface area (TPSA) is 41.1 Å². The second kappa shape index (κ2) is 9.37. The van der Waals surface area contributed by atoms with Crippen molar-refractivity contribution in [2.45, 2.75) is 72.8 Å². The van der Waals surface area contributed by atoms with Crippen molar-refractivity contribution in [2.24, 2.45) is 5.41 Å². The molecule has 3 nitrogen and oxygen atoms in total. The van der Waals surface area contributed by atoms with Gasteiger partial charge < -0.3 is 10.6 Å². The number of carbonyl (C=O) groups excluding carboxylic acids is 1. The van der Waals surface area contributed by atoms with Crippen molar-refractivity contribution >= 4 is 5.91 Å². The molecule has 0 fully saturated rings. The zero-order valence-electron chi connectivity index (χ0n) is 12.9. The van der Waals surface area contributed by atoms with E-state index in [0.29, 0.717) is 6.42 Å². The summed E-state index contributed by atoms with van der Waals surface area (Å²) >= 11 is 0. The Kier molecular flexibility index (Phi) is 9.08. The Morgan fingerprint density at radius 3 is 2.44 bits per heavy atom. The first kappa shape index (κ1) is 17.4. The smallest absolute Gasteiger partial charge is 0.221 e. The number of hydrogen-bond acceptors (Lipinski definition) is 2. The molecule has 0 saturated carbocycles. The standard InChI is InChI=1S/C15H32N2O/c1-6-8-9-10-15(4,5)12-17-14(18)11-13(3)16-7-2/h13,16H,6-12H2,1-5H3,(H,17,18). The van der Waals surface area contributed by atoms with E-state index in [2.05, 4.69) is 45.3 Å². The van der Waals surface area contributed by atoms with Crippen LogP contribution in [-0.2, 0) is 4.79 Å². The van der Waals surface area contributed by atoms with Gasteiger partial charge in [0.2, 0.25) is 5.91 Å². The maximum absolute atomic E-state index is 11.8. The molecule has 0 bridgehead atoms. The third-order valence-electron chi connectivity index (χ3n) is 3.27. The predicted octanol–water partition coefficient (Wildman–Crippen LogP) is 3.10. The van der Waals surface area contributed by atoms with Crippen LogP contribution in [0.3, 0.4) is 0 Å². The molecule has 0 aliphatic heterocycles. The van der Waals surface area contributed by atoms with E-state index in [1.807, 2.05) is 0 Å². The zero-order valence-corrected chi connectivity index (χ0v) is 12.9. The third kappa shape index (κ3) is 9.46. The van der Waals surface area contributed by atoms with Crippen LogP contribution in [-0.4, -0.2) is 25.0 Å². The molecule has 0 radical (unpaired) electrons. The zero-order chi connectivity index (χ0) is 14.0. The maximum atomic E-state index is 11.8. The van der Waals surface area contributed by atoms with Crippen molar-refractivity contribution in [1.82, 2.24) is 10.6 Å². The fourth-order valence-corrected chi connectivity index (χ4v) is 2.05. The molecule has 0 aliphatic rings. The Morgan fingerprint density at radius 2 is 1.89 bits per heavy atom. The minimum Gasteiger partial charge on any atom is -0.356 e. The minimum atomic E-state index is 0.159. The number of rotatable bonds is 10. The molecule has 108 valence electrons. The molecule has 0 aliphatic carbocycles. The SMILES string of the molecule is CCCCCC(C)(C)CNC(=O)CC(C)NCC. The number of hydrogen-bond donors (Lipinski definition) is 2. The van der Waals surface area contributed by atoms with Crippen LogP contribution >= 0.6 is 0 Å². The molecule has 0 saturated heterocycles. The molecule has 0 rings (SSSR count). The van der Waals surface area contributed by atoms with Crippen LogP contribution < -0.4 is 10.6 Å². The van der Waals surface area contributed by atoms with Gasteiger partial charge in [0.15, 0.2) is 0 Å². The van der Waals surface area contributed by atoms with Crippen LogP contribution in [0, 0.1) is 5.41 Å². The highest BCUT2D eigenvalue weighted by molar-refractivity contribution is 5.76. The van der Waals surface area contributed by atoms with E-state index < -0.39 is 0 Å². The Morgan fingerprint density at radius 1 is 1.22 bits per heavy atom. The van der Waals surface area contributed by atoms with Crippen LogP contribution in [0.5, 0.6) is 0 Å². The molecule has 1 amide bonds. The average molecular weight is 256 g/mol. The lowest BCUT2D eigenvalue weighted by Crippen LogP contribution is -2.38. The van der Waals surface area contributed by atoms with Gasteiger partial charge in [-0.2, -0.15) is 0 Å². The van der Waals surface area contributed by atoms with Gasteiger partial charge in [-0.05, 0) is 25.3 Å². The van der Waals surface area contributed by atoms with Crippen LogP contribution in [0.25, 0.3) is 0 Å². The molecular formula is C15H32N2O. The summed E-state index contributed by atoms with van der Waals surface area (Å²) in [5, 5.41) is 6.31. The molecule has 0 heterocycles. The lowest BCUT2D eigenvalue weighted by molar-refractivity contribution is -0.121. The van der Waals surface area contributed by atoms with E-state index in [-0.39, 0.29) is 17.4 Å². The first-order chi connectivity index (χ1) is 8.41. The van der Waals surface area contributed by atoms with Gasteiger partial charge in [0.25, 0.3) is 0 Å². The monoisotopic (exact) mass is 256 g/mol. The molecule has 2 N–H and O–H groups in total. The summed E-state index contributed by atoms with van der Waals surface area (Å²) in [6.07, 6.45) is 5.55. The van der Waals surface area contributed by atoms with E-state index in [1.165, 1.54) is 25.7 Å². The quantitative estimate of drug-likeness (QED) is 0.590. The van der Waals surface area contributed by atoms with E-state index in [1.54, 1.807) is 0 Å². The van der Waals surface area contributed by atoms with Crippen LogP contribution in [0.2, 0.25) is 0 Å². The number of unbranched alkanes of at least 4 members (excludes halogenated alkanes) is 2. The first-order valence-corrected chi connectivity index (χ1v) is 7.41. The lowest BCUT2D eigenvalue weighted by atomic mass is 9.87. The van der Waals surface area contributed by atoms with E-state index in [9.17, 15) is 4.79 Å². The molecule has 0 aromatic heterocycles. The van der Waals surface area contributed by atoms with Gasteiger partial charge >= 0.3 is 0 Å². The molecule has 1 atom stereocenters. The lowest BCUT2D eigenvalue weighted by Gasteiger charge is -2.25. The largest absolute Gasteiger partial charge is 0.356 e. The Hall–Kier alpha value is -0.570. The fraction of sp³-hybridized carbons (Fsp3) is 0.933. The number of nitrogens with one attached hydrogen (secondary N) is 2. The van der Waals surface area contributed by atoms with Gasteiger partial charge in [-0.3, -0.25) is 4.79 Å². The van der Waals surface area contributed by atoms with Crippen molar-refractivity contribution in [3.8, 4) is 0 Å². The molecule has 0 aromatic rings. The number of amides is 1. The summed E-state index contributed by atoms with van der Waals surface area (Å²) < 4.78 is 0.